The predicted molar refractivity (Wildman–Crippen MR) is 242 cm³/mol. The van der Waals surface area contributed by atoms with Crippen LogP contribution in [0, 0.1) is 17.8 Å². The number of carboxylic acid groups (broad SMARTS) is 1. The molecular weight excluding hydrogens is 847 g/mol. The van der Waals surface area contributed by atoms with Gasteiger partial charge in [-0.05, 0) is 46.0 Å². The third kappa shape index (κ3) is 19.8. The van der Waals surface area contributed by atoms with Crippen LogP contribution in [0.15, 0.2) is 85.1 Å². The summed E-state index contributed by atoms with van der Waals surface area (Å²) in [4.78, 5) is 25.1. The van der Waals surface area contributed by atoms with E-state index in [1.165, 1.54) is 0 Å². The first-order valence-corrected chi connectivity index (χ1v) is 22.2. The lowest BCUT2D eigenvalue weighted by Crippen LogP contribution is -2.61. The fourth-order valence-corrected chi connectivity index (χ4v) is 7.91. The number of rotatable bonds is 3. The maximum atomic E-state index is 12.6. The van der Waals surface area contributed by atoms with E-state index in [4.69, 9.17) is 24.7 Å². The molecule has 0 aliphatic carbocycles. The minimum atomic E-state index is -2.20. The molecule has 3 rings (SSSR count). The summed E-state index contributed by atoms with van der Waals surface area (Å²) >= 11 is 0. The second kappa shape index (κ2) is 28.7. The van der Waals surface area contributed by atoms with Crippen molar-refractivity contribution >= 4 is 11.9 Å². The van der Waals surface area contributed by atoms with Crippen molar-refractivity contribution in [3.63, 3.8) is 0 Å². The van der Waals surface area contributed by atoms with Gasteiger partial charge in [0.15, 0.2) is 12.1 Å². The Hall–Kier alpha value is -3.40. The number of allylic oxidation sites excluding steroid dienone is 12. The molecule has 12 N–H and O–H groups in total. The number of ether oxygens (including phenoxy) is 4. The third-order valence-electron chi connectivity index (χ3n) is 11.9. The molecule has 370 valence electrons. The summed E-state index contributed by atoms with van der Waals surface area (Å²) < 4.78 is 23.2. The number of esters is 1. The van der Waals surface area contributed by atoms with Gasteiger partial charge in [-0.3, -0.25) is 9.59 Å². The SMILES string of the molecule is C.CC1OC(O[C@H]2/C=C/C=C/C=C/C=C/C=C/C=C/C=C/[C@H](C)[C@@H](O)[C@@H](C)[C@H](C)OC(=O)C[C@H](O)C[C@H](O)CC[C@@H](O)CC[C@H](O)C[C@]3(O)C[C@H](O)[C@@H](C(=O)O)C(C2)O3)C(O)C(N)C1O. The third-order valence-corrected chi connectivity index (χ3v) is 11.9. The lowest BCUT2D eigenvalue weighted by Gasteiger charge is -2.45. The monoisotopic (exact) mass is 924 g/mol. The Labute approximate surface area is 383 Å². The molecule has 0 spiro atoms. The molecular formula is C48H77NO16. The van der Waals surface area contributed by atoms with Gasteiger partial charge in [0.05, 0.1) is 73.5 Å². The molecule has 17 nitrogen and oxygen atoms in total. The molecule has 2 fully saturated rings. The molecule has 18 atom stereocenters. The average Bonchev–Trinajstić information content (AvgIpc) is 3.21. The average molecular weight is 924 g/mol. The van der Waals surface area contributed by atoms with Crippen molar-refractivity contribution < 1.29 is 79.6 Å². The van der Waals surface area contributed by atoms with Crippen molar-refractivity contribution in [2.45, 2.75) is 184 Å². The number of aliphatic carboxylic acids is 1. The summed E-state index contributed by atoms with van der Waals surface area (Å²) in [5, 5.41) is 107. The second-order valence-electron chi connectivity index (χ2n) is 17.4. The van der Waals surface area contributed by atoms with E-state index in [0.717, 1.165) is 0 Å². The maximum Gasteiger partial charge on any atom is 0.311 e. The Bertz CT molecular complexity index is 1630. The van der Waals surface area contributed by atoms with Crippen molar-refractivity contribution in [2.24, 2.45) is 23.5 Å². The van der Waals surface area contributed by atoms with Gasteiger partial charge in [-0.25, -0.2) is 0 Å². The molecule has 0 aromatic carbocycles. The van der Waals surface area contributed by atoms with Gasteiger partial charge in [-0.2, -0.15) is 0 Å². The number of nitrogens with two attached hydrogens (primary N) is 1. The molecule has 3 aliphatic heterocycles. The van der Waals surface area contributed by atoms with Gasteiger partial charge in [0.1, 0.15) is 18.1 Å². The van der Waals surface area contributed by atoms with Gasteiger partial charge in [-0.1, -0.05) is 106 Å². The highest BCUT2D eigenvalue weighted by atomic mass is 16.7. The highest BCUT2D eigenvalue weighted by molar-refractivity contribution is 5.71. The van der Waals surface area contributed by atoms with Crippen LogP contribution < -0.4 is 5.73 Å². The van der Waals surface area contributed by atoms with Crippen molar-refractivity contribution in [3.05, 3.63) is 85.1 Å². The fraction of sp³-hybridized carbons (Fsp3) is 0.667. The Morgan fingerprint density at radius 3 is 1.77 bits per heavy atom. The minimum Gasteiger partial charge on any atom is -0.481 e. The standard InChI is InChI=1S/C47H73NO16.CH4/c1-28-17-15-13-11-9-7-5-6-8-10-12-14-16-18-36(63-46-44(57)41(48)43(56)31(4)62-46)25-38-40(45(58)59)37(53)27-47(60,64-38)26-34(51)22-20-32(49)19-21-33(50)23-35(52)24-39(54)61-30(3)29(2)42(28)55;/h5-18,28-38,40-44,46,49-53,55-57,60H,19-27,48H2,1-4H3,(H,58,59);1H4/b6-5+,9-7+,10-8+,13-11+,14-12+,17-15+,18-16+;/t28-,29-,30-,31?,32+,33+,34-,35+,36-,37-,38?,40+,41?,42+,43?,44?,46?,47+;/m0./s1. The number of aliphatic hydroxyl groups excluding tert-OH is 8. The Morgan fingerprint density at radius 2 is 1.20 bits per heavy atom. The highest BCUT2D eigenvalue weighted by Gasteiger charge is 2.50. The van der Waals surface area contributed by atoms with Gasteiger partial charge in [0.25, 0.3) is 0 Å². The molecule has 3 heterocycles. The molecule has 3 aliphatic rings. The molecule has 0 aromatic rings. The summed E-state index contributed by atoms with van der Waals surface area (Å²) in [5.74, 6) is -6.52. The van der Waals surface area contributed by atoms with Crippen LogP contribution in [-0.4, -0.2) is 154 Å². The van der Waals surface area contributed by atoms with Crippen LogP contribution in [0.3, 0.4) is 0 Å². The van der Waals surface area contributed by atoms with Crippen LogP contribution in [0.25, 0.3) is 0 Å². The quantitative estimate of drug-likeness (QED) is 0.181. The van der Waals surface area contributed by atoms with Crippen molar-refractivity contribution in [1.82, 2.24) is 0 Å². The number of carbonyl (C=O) groups is 2. The van der Waals surface area contributed by atoms with Gasteiger partial charge in [0.2, 0.25) is 0 Å². The first-order valence-electron chi connectivity index (χ1n) is 22.2. The molecule has 6 unspecified atom stereocenters. The normalized spacial score (nSPS) is 44.2. The number of hydrogen-bond acceptors (Lipinski definition) is 16. The summed E-state index contributed by atoms with van der Waals surface area (Å²) in [5.41, 5.74) is 6.02. The van der Waals surface area contributed by atoms with Crippen molar-refractivity contribution in [2.75, 3.05) is 0 Å². The van der Waals surface area contributed by atoms with E-state index in [0.29, 0.717) is 0 Å². The summed E-state index contributed by atoms with van der Waals surface area (Å²) in [6.45, 7) is 6.82. The van der Waals surface area contributed by atoms with E-state index in [2.05, 4.69) is 0 Å². The van der Waals surface area contributed by atoms with Crippen LogP contribution >= 0.6 is 0 Å². The second-order valence-corrected chi connectivity index (χ2v) is 17.4. The zero-order valence-electron chi connectivity index (χ0n) is 37.3. The number of hydrogen-bond donors (Lipinski definition) is 11. The van der Waals surface area contributed by atoms with Gasteiger partial charge < -0.3 is 75.7 Å². The minimum absolute atomic E-state index is 0. The van der Waals surface area contributed by atoms with Gasteiger partial charge >= 0.3 is 11.9 Å². The van der Waals surface area contributed by atoms with E-state index in [-0.39, 0.29) is 58.3 Å². The first kappa shape index (κ1) is 57.7. The predicted octanol–water partition coefficient (Wildman–Crippen LogP) is 2.38. The molecule has 2 saturated heterocycles. The van der Waals surface area contributed by atoms with E-state index in [1.54, 1.807) is 69.4 Å². The molecule has 0 aromatic heterocycles. The number of carboxylic acids is 1. The van der Waals surface area contributed by atoms with E-state index >= 15 is 0 Å². The largest absolute Gasteiger partial charge is 0.481 e. The molecule has 2 bridgehead atoms. The van der Waals surface area contributed by atoms with E-state index in [9.17, 15) is 60.7 Å². The number of aliphatic hydroxyl groups is 9. The van der Waals surface area contributed by atoms with Crippen LogP contribution in [-0.2, 0) is 28.5 Å². The number of carbonyl (C=O) groups excluding carboxylic acids is 1. The first-order chi connectivity index (χ1) is 30.2. The zero-order chi connectivity index (χ0) is 47.6. The molecule has 0 radical (unpaired) electrons. The maximum absolute atomic E-state index is 12.6. The highest BCUT2D eigenvalue weighted by Crippen LogP contribution is 2.38. The van der Waals surface area contributed by atoms with Crippen molar-refractivity contribution in [3.8, 4) is 0 Å². The Balaban J connectivity index is 0.0000145. The van der Waals surface area contributed by atoms with Gasteiger partial charge in [0, 0.05) is 31.1 Å². The lowest BCUT2D eigenvalue weighted by atomic mass is 9.83. The fourth-order valence-electron chi connectivity index (χ4n) is 7.91. The summed E-state index contributed by atoms with van der Waals surface area (Å²) in [6.07, 6.45) is 7.91. The van der Waals surface area contributed by atoms with Crippen LogP contribution in [0.1, 0.15) is 92.9 Å². The topological polar surface area (TPSA) is 299 Å². The molecule has 0 saturated carbocycles. The van der Waals surface area contributed by atoms with Crippen LogP contribution in [0.2, 0.25) is 0 Å². The van der Waals surface area contributed by atoms with Crippen LogP contribution in [0.4, 0.5) is 0 Å². The summed E-state index contributed by atoms with van der Waals surface area (Å²) in [6, 6.07) is -1.13. The van der Waals surface area contributed by atoms with E-state index < -0.39 is 128 Å². The lowest BCUT2D eigenvalue weighted by molar-refractivity contribution is -0.308. The number of cyclic esters (lactones) is 1. The summed E-state index contributed by atoms with van der Waals surface area (Å²) in [7, 11) is 0. The molecule has 17 heteroatoms. The molecule has 65 heavy (non-hydrogen) atoms. The van der Waals surface area contributed by atoms with Crippen LogP contribution in [0.5, 0.6) is 0 Å². The van der Waals surface area contributed by atoms with Crippen molar-refractivity contribution in [1.29, 1.82) is 0 Å². The van der Waals surface area contributed by atoms with E-state index in [1.807, 2.05) is 43.4 Å². The smallest absolute Gasteiger partial charge is 0.311 e. The zero-order valence-corrected chi connectivity index (χ0v) is 37.3. The Morgan fingerprint density at radius 1 is 0.677 bits per heavy atom. The molecule has 0 amide bonds. The Kier molecular flexibility index (Phi) is 25.5. The number of fused-ring (bicyclic) bond motifs is 2. The van der Waals surface area contributed by atoms with Gasteiger partial charge in [-0.15, -0.1) is 0 Å².